The Morgan fingerprint density at radius 1 is 1.53 bits per heavy atom. The molecule has 0 spiro atoms. The number of aromatic hydroxyl groups is 1. The summed E-state index contributed by atoms with van der Waals surface area (Å²) in [5.74, 6) is -0.187. The number of aryl methyl sites for hydroxylation is 1. The molecule has 17 heavy (non-hydrogen) atoms. The van der Waals surface area contributed by atoms with Crippen molar-refractivity contribution in [1.82, 2.24) is 0 Å². The van der Waals surface area contributed by atoms with E-state index < -0.39 is 5.97 Å². The van der Waals surface area contributed by atoms with Gasteiger partial charge < -0.3 is 9.84 Å². The zero-order valence-electron chi connectivity index (χ0n) is 9.90. The Bertz CT molecular complexity index is 463. The Labute approximate surface area is 101 Å². The summed E-state index contributed by atoms with van der Waals surface area (Å²) in [6.07, 6.45) is 2.29. The van der Waals surface area contributed by atoms with Crippen LogP contribution in [0.2, 0.25) is 0 Å². The topological polar surface area (TPSA) is 46.5 Å². The van der Waals surface area contributed by atoms with Gasteiger partial charge in [0.25, 0.3) is 0 Å². The number of hydrogen-bond donors (Lipinski definition) is 1. The first-order chi connectivity index (χ1) is 8.09. The van der Waals surface area contributed by atoms with Crippen molar-refractivity contribution in [3.63, 3.8) is 0 Å². The van der Waals surface area contributed by atoms with E-state index in [-0.39, 0.29) is 11.9 Å². The van der Waals surface area contributed by atoms with E-state index in [0.717, 1.165) is 30.4 Å². The molecule has 2 rings (SSSR count). The van der Waals surface area contributed by atoms with E-state index >= 15 is 0 Å². The average molecular weight is 232 g/mol. The van der Waals surface area contributed by atoms with Crippen LogP contribution in [0, 0.1) is 0 Å². The molecule has 1 aliphatic rings. The molecule has 0 amide bonds. The maximum Gasteiger partial charge on any atom is 0.333 e. The maximum atomic E-state index is 11.5. The molecule has 3 nitrogen and oxygen atoms in total. The number of carbonyl (C=O) groups is 1. The molecule has 1 aliphatic carbocycles. The highest BCUT2D eigenvalue weighted by Crippen LogP contribution is 2.38. The molecule has 0 saturated heterocycles. The molecule has 1 unspecified atom stereocenters. The average Bonchev–Trinajstić information content (AvgIpc) is 2.29. The fraction of sp³-hybridized carbons (Fsp3) is 0.357. The fourth-order valence-corrected chi connectivity index (χ4v) is 2.16. The summed E-state index contributed by atoms with van der Waals surface area (Å²) >= 11 is 0. The lowest BCUT2D eigenvalue weighted by Crippen LogP contribution is -2.17. The second-order valence-corrected chi connectivity index (χ2v) is 4.42. The zero-order valence-corrected chi connectivity index (χ0v) is 9.90. The van der Waals surface area contributed by atoms with Crippen LogP contribution < -0.4 is 0 Å². The molecule has 0 aliphatic heterocycles. The van der Waals surface area contributed by atoms with Gasteiger partial charge in [-0.15, -0.1) is 0 Å². The minimum Gasteiger partial charge on any atom is -0.508 e. The number of fused-ring (bicyclic) bond motifs is 1. The van der Waals surface area contributed by atoms with E-state index in [1.165, 1.54) is 0 Å². The Kier molecular flexibility index (Phi) is 3.18. The van der Waals surface area contributed by atoms with Crippen molar-refractivity contribution in [3.05, 3.63) is 41.5 Å². The van der Waals surface area contributed by atoms with Crippen molar-refractivity contribution < 1.29 is 14.6 Å². The van der Waals surface area contributed by atoms with Crippen molar-refractivity contribution in [3.8, 4) is 5.75 Å². The second kappa shape index (κ2) is 4.62. The number of carbonyl (C=O) groups excluding carboxylic acids is 1. The van der Waals surface area contributed by atoms with Crippen molar-refractivity contribution in [2.24, 2.45) is 0 Å². The van der Waals surface area contributed by atoms with E-state index in [1.54, 1.807) is 13.0 Å². The van der Waals surface area contributed by atoms with Gasteiger partial charge in [-0.25, -0.2) is 4.79 Å². The van der Waals surface area contributed by atoms with Crippen LogP contribution >= 0.6 is 0 Å². The Morgan fingerprint density at radius 3 is 3.00 bits per heavy atom. The highest BCUT2D eigenvalue weighted by molar-refractivity contribution is 5.87. The zero-order chi connectivity index (χ0) is 12.4. The number of esters is 1. The molecular formula is C14H16O3. The summed E-state index contributed by atoms with van der Waals surface area (Å²) in [4.78, 5) is 11.5. The molecule has 0 bridgehead atoms. The Morgan fingerprint density at radius 2 is 2.29 bits per heavy atom. The molecule has 1 atom stereocenters. The normalized spacial score (nSPS) is 18.3. The number of rotatable bonds is 2. The Balaban J connectivity index is 2.28. The first-order valence-electron chi connectivity index (χ1n) is 5.77. The van der Waals surface area contributed by atoms with Crippen molar-refractivity contribution in [2.75, 3.05) is 0 Å². The van der Waals surface area contributed by atoms with Crippen LogP contribution in [0.4, 0.5) is 0 Å². The summed E-state index contributed by atoms with van der Waals surface area (Å²) in [5, 5.41) is 9.86. The summed E-state index contributed by atoms with van der Waals surface area (Å²) in [7, 11) is 0. The van der Waals surface area contributed by atoms with E-state index in [4.69, 9.17) is 4.74 Å². The molecular weight excluding hydrogens is 216 g/mol. The van der Waals surface area contributed by atoms with Crippen LogP contribution in [0.3, 0.4) is 0 Å². The first-order valence-corrected chi connectivity index (χ1v) is 5.77. The molecule has 0 fully saturated rings. The van der Waals surface area contributed by atoms with Crippen LogP contribution in [0.25, 0.3) is 0 Å². The van der Waals surface area contributed by atoms with Gasteiger partial charge in [0, 0.05) is 11.1 Å². The minimum absolute atomic E-state index is 0.210. The monoisotopic (exact) mass is 232 g/mol. The lowest BCUT2D eigenvalue weighted by atomic mass is 9.88. The Hall–Kier alpha value is -1.77. The molecule has 0 aromatic heterocycles. The van der Waals surface area contributed by atoms with Gasteiger partial charge in [0.2, 0.25) is 0 Å². The lowest BCUT2D eigenvalue weighted by molar-refractivity contribution is -0.145. The number of ether oxygens (including phenoxy) is 1. The summed E-state index contributed by atoms with van der Waals surface area (Å²) in [6, 6.07) is 5.42. The quantitative estimate of drug-likeness (QED) is 0.630. The van der Waals surface area contributed by atoms with Crippen molar-refractivity contribution >= 4 is 5.97 Å². The predicted octanol–water partition coefficient (Wildman–Crippen LogP) is 2.89. The van der Waals surface area contributed by atoms with Crippen LogP contribution in [-0.2, 0) is 16.0 Å². The van der Waals surface area contributed by atoms with E-state index in [0.29, 0.717) is 5.57 Å². The number of benzene rings is 1. The molecule has 0 saturated carbocycles. The molecule has 1 aromatic carbocycles. The van der Waals surface area contributed by atoms with Crippen LogP contribution in [0.5, 0.6) is 5.75 Å². The standard InChI is InChI=1S/C14H16O3/c1-9(2)14(16)17-12-8-4-6-10-5-3-7-11(15)13(10)12/h3,5,7,12,15H,1,4,6,8H2,2H3. The maximum absolute atomic E-state index is 11.5. The first kappa shape index (κ1) is 11.7. The fourth-order valence-electron chi connectivity index (χ4n) is 2.16. The van der Waals surface area contributed by atoms with E-state index in [9.17, 15) is 9.90 Å². The number of phenols is 1. The van der Waals surface area contributed by atoms with Crippen LogP contribution in [0.1, 0.15) is 37.0 Å². The van der Waals surface area contributed by atoms with Gasteiger partial charge in [-0.2, -0.15) is 0 Å². The number of phenolic OH excluding ortho intramolecular Hbond substituents is 1. The predicted molar refractivity (Wildman–Crippen MR) is 64.7 cm³/mol. The smallest absolute Gasteiger partial charge is 0.333 e. The van der Waals surface area contributed by atoms with Crippen molar-refractivity contribution in [2.45, 2.75) is 32.3 Å². The molecule has 0 radical (unpaired) electrons. The third-order valence-corrected chi connectivity index (χ3v) is 3.01. The second-order valence-electron chi connectivity index (χ2n) is 4.42. The third kappa shape index (κ3) is 2.33. The van der Waals surface area contributed by atoms with Gasteiger partial charge in [0.1, 0.15) is 11.9 Å². The molecule has 90 valence electrons. The van der Waals surface area contributed by atoms with Gasteiger partial charge in [0.05, 0.1) is 0 Å². The van der Waals surface area contributed by atoms with Gasteiger partial charge in [0.15, 0.2) is 0 Å². The van der Waals surface area contributed by atoms with Gasteiger partial charge in [-0.05, 0) is 37.8 Å². The molecule has 1 aromatic rings. The molecule has 1 N–H and O–H groups in total. The summed E-state index contributed by atoms with van der Waals surface area (Å²) in [6.45, 7) is 5.18. The van der Waals surface area contributed by atoms with Crippen LogP contribution in [0.15, 0.2) is 30.4 Å². The number of hydrogen-bond acceptors (Lipinski definition) is 3. The van der Waals surface area contributed by atoms with Crippen molar-refractivity contribution in [1.29, 1.82) is 0 Å². The van der Waals surface area contributed by atoms with Crippen LogP contribution in [-0.4, -0.2) is 11.1 Å². The minimum atomic E-state index is -0.397. The van der Waals surface area contributed by atoms with Gasteiger partial charge in [-0.1, -0.05) is 18.7 Å². The van der Waals surface area contributed by atoms with E-state index in [1.807, 2.05) is 12.1 Å². The highest BCUT2D eigenvalue weighted by atomic mass is 16.5. The van der Waals surface area contributed by atoms with E-state index in [2.05, 4.69) is 6.58 Å². The third-order valence-electron chi connectivity index (χ3n) is 3.01. The SMILES string of the molecule is C=C(C)C(=O)OC1CCCc2cccc(O)c21. The largest absolute Gasteiger partial charge is 0.508 e. The lowest BCUT2D eigenvalue weighted by Gasteiger charge is -2.26. The van der Waals surface area contributed by atoms with Gasteiger partial charge in [-0.3, -0.25) is 0 Å². The summed E-state index contributed by atoms with van der Waals surface area (Å²) in [5.41, 5.74) is 2.21. The van der Waals surface area contributed by atoms with Gasteiger partial charge >= 0.3 is 5.97 Å². The summed E-state index contributed by atoms with van der Waals surface area (Å²) < 4.78 is 5.36. The molecule has 3 heteroatoms. The highest BCUT2D eigenvalue weighted by Gasteiger charge is 2.26. The molecule has 0 heterocycles.